The standard InChI is InChI=1S/C12H13NOS/c13-6-4-10-2-1-3-11(8-10)14-12-5-7-15-9-12/h1-3,8,12H,4-5,7,9H2. The maximum absolute atomic E-state index is 8.60. The van der Waals surface area contributed by atoms with E-state index >= 15 is 0 Å². The first-order valence-electron chi connectivity index (χ1n) is 5.09. The molecule has 1 fully saturated rings. The molecular weight excluding hydrogens is 206 g/mol. The summed E-state index contributed by atoms with van der Waals surface area (Å²) in [6, 6.07) is 9.98. The van der Waals surface area contributed by atoms with Crippen molar-refractivity contribution >= 4 is 11.8 Å². The van der Waals surface area contributed by atoms with Gasteiger partial charge in [0.1, 0.15) is 11.9 Å². The van der Waals surface area contributed by atoms with E-state index in [-0.39, 0.29) is 0 Å². The lowest BCUT2D eigenvalue weighted by molar-refractivity contribution is 0.229. The Morgan fingerprint density at radius 3 is 3.20 bits per heavy atom. The lowest BCUT2D eigenvalue weighted by Crippen LogP contribution is -2.14. The third-order valence-corrected chi connectivity index (χ3v) is 3.50. The molecule has 1 atom stereocenters. The molecule has 0 saturated carbocycles. The summed E-state index contributed by atoms with van der Waals surface area (Å²) in [5, 5.41) is 8.60. The van der Waals surface area contributed by atoms with E-state index in [1.807, 2.05) is 36.0 Å². The van der Waals surface area contributed by atoms with Crippen molar-refractivity contribution in [2.45, 2.75) is 18.9 Å². The highest BCUT2D eigenvalue weighted by Gasteiger charge is 2.16. The summed E-state index contributed by atoms with van der Waals surface area (Å²) >= 11 is 1.94. The second-order valence-electron chi connectivity index (χ2n) is 3.59. The van der Waals surface area contributed by atoms with Gasteiger partial charge in [-0.15, -0.1) is 0 Å². The number of rotatable bonds is 3. The van der Waals surface area contributed by atoms with E-state index in [1.54, 1.807) is 0 Å². The van der Waals surface area contributed by atoms with Crippen LogP contribution < -0.4 is 4.74 Å². The first-order valence-corrected chi connectivity index (χ1v) is 6.24. The quantitative estimate of drug-likeness (QED) is 0.783. The van der Waals surface area contributed by atoms with Crippen LogP contribution in [-0.4, -0.2) is 17.6 Å². The fourth-order valence-corrected chi connectivity index (χ4v) is 2.71. The van der Waals surface area contributed by atoms with Gasteiger partial charge in [-0.1, -0.05) is 12.1 Å². The number of nitriles is 1. The highest BCUT2D eigenvalue weighted by Crippen LogP contribution is 2.23. The minimum Gasteiger partial charge on any atom is -0.490 e. The second-order valence-corrected chi connectivity index (χ2v) is 4.74. The smallest absolute Gasteiger partial charge is 0.120 e. The van der Waals surface area contributed by atoms with E-state index in [0.29, 0.717) is 12.5 Å². The molecule has 0 radical (unpaired) electrons. The van der Waals surface area contributed by atoms with E-state index in [9.17, 15) is 0 Å². The molecular formula is C12H13NOS. The lowest BCUT2D eigenvalue weighted by Gasteiger charge is -2.12. The first kappa shape index (κ1) is 10.4. The SMILES string of the molecule is N#CCc1cccc(OC2CCSC2)c1. The van der Waals surface area contributed by atoms with E-state index in [2.05, 4.69) is 6.07 Å². The summed E-state index contributed by atoms with van der Waals surface area (Å²) in [6.45, 7) is 0. The largest absolute Gasteiger partial charge is 0.490 e. The molecule has 0 aromatic heterocycles. The highest BCUT2D eigenvalue weighted by molar-refractivity contribution is 7.99. The van der Waals surface area contributed by atoms with Crippen LogP contribution in [0.4, 0.5) is 0 Å². The molecule has 3 heteroatoms. The lowest BCUT2D eigenvalue weighted by atomic mass is 10.1. The molecule has 1 unspecified atom stereocenters. The number of hydrogen-bond acceptors (Lipinski definition) is 3. The Kier molecular flexibility index (Phi) is 3.52. The van der Waals surface area contributed by atoms with Crippen LogP contribution in [0.5, 0.6) is 5.75 Å². The molecule has 1 aliphatic heterocycles. The number of hydrogen-bond donors (Lipinski definition) is 0. The van der Waals surface area contributed by atoms with Crippen molar-refractivity contribution in [1.82, 2.24) is 0 Å². The molecule has 1 saturated heterocycles. The van der Waals surface area contributed by atoms with Gasteiger partial charge in [0.2, 0.25) is 0 Å². The average Bonchev–Trinajstić information content (AvgIpc) is 2.71. The Hall–Kier alpha value is -1.14. The topological polar surface area (TPSA) is 33.0 Å². The van der Waals surface area contributed by atoms with Crippen molar-refractivity contribution < 1.29 is 4.74 Å². The molecule has 1 heterocycles. The predicted molar refractivity (Wildman–Crippen MR) is 62.1 cm³/mol. The Morgan fingerprint density at radius 2 is 2.47 bits per heavy atom. The first-order chi connectivity index (χ1) is 7.38. The maximum atomic E-state index is 8.60. The molecule has 0 bridgehead atoms. The van der Waals surface area contributed by atoms with Crippen LogP contribution in [-0.2, 0) is 6.42 Å². The normalized spacial score (nSPS) is 19.8. The highest BCUT2D eigenvalue weighted by atomic mass is 32.2. The zero-order chi connectivity index (χ0) is 10.5. The minimum absolute atomic E-state index is 0.354. The fourth-order valence-electron chi connectivity index (χ4n) is 1.62. The van der Waals surface area contributed by atoms with Gasteiger partial charge in [-0.2, -0.15) is 17.0 Å². The van der Waals surface area contributed by atoms with Gasteiger partial charge >= 0.3 is 0 Å². The Balaban J connectivity index is 2.01. The molecule has 15 heavy (non-hydrogen) atoms. The molecule has 1 aromatic carbocycles. The van der Waals surface area contributed by atoms with Gasteiger partial charge in [-0.3, -0.25) is 0 Å². The minimum atomic E-state index is 0.354. The van der Waals surface area contributed by atoms with Crippen molar-refractivity contribution in [3.05, 3.63) is 29.8 Å². The van der Waals surface area contributed by atoms with Gasteiger partial charge in [0, 0.05) is 5.75 Å². The van der Waals surface area contributed by atoms with Gasteiger partial charge in [0.25, 0.3) is 0 Å². The Bertz CT molecular complexity index is 366. The van der Waals surface area contributed by atoms with E-state index < -0.39 is 0 Å². The Labute approximate surface area is 94.2 Å². The number of thioether (sulfide) groups is 1. The molecule has 2 rings (SSSR count). The van der Waals surface area contributed by atoms with Crippen LogP contribution >= 0.6 is 11.8 Å². The second kappa shape index (κ2) is 5.09. The molecule has 0 aliphatic carbocycles. The monoisotopic (exact) mass is 219 g/mol. The zero-order valence-electron chi connectivity index (χ0n) is 8.48. The molecule has 1 aromatic rings. The van der Waals surface area contributed by atoms with E-state index in [1.165, 1.54) is 5.75 Å². The summed E-state index contributed by atoms with van der Waals surface area (Å²) in [6.07, 6.45) is 1.94. The molecule has 0 N–H and O–H groups in total. The van der Waals surface area contributed by atoms with Crippen LogP contribution in [0.2, 0.25) is 0 Å². The van der Waals surface area contributed by atoms with Crippen molar-refractivity contribution in [2.75, 3.05) is 11.5 Å². The number of ether oxygens (including phenoxy) is 1. The Morgan fingerprint density at radius 1 is 1.53 bits per heavy atom. The number of benzene rings is 1. The summed E-state index contributed by atoms with van der Waals surface area (Å²) < 4.78 is 5.83. The maximum Gasteiger partial charge on any atom is 0.120 e. The third kappa shape index (κ3) is 2.90. The predicted octanol–water partition coefficient (Wildman–Crippen LogP) is 2.64. The van der Waals surface area contributed by atoms with Crippen molar-refractivity contribution in [3.63, 3.8) is 0 Å². The molecule has 2 nitrogen and oxygen atoms in total. The van der Waals surface area contributed by atoms with Crippen LogP contribution in [0.25, 0.3) is 0 Å². The van der Waals surface area contributed by atoms with Crippen LogP contribution in [0.15, 0.2) is 24.3 Å². The van der Waals surface area contributed by atoms with E-state index in [4.69, 9.17) is 10.00 Å². The summed E-state index contributed by atoms with van der Waals surface area (Å²) in [5.74, 6) is 3.18. The zero-order valence-corrected chi connectivity index (χ0v) is 9.30. The average molecular weight is 219 g/mol. The van der Waals surface area contributed by atoms with Crippen LogP contribution in [0, 0.1) is 11.3 Å². The number of nitrogens with zero attached hydrogens (tertiary/aromatic N) is 1. The van der Waals surface area contributed by atoms with Crippen molar-refractivity contribution in [2.24, 2.45) is 0 Å². The van der Waals surface area contributed by atoms with Gasteiger partial charge in [0.15, 0.2) is 0 Å². The molecule has 0 spiro atoms. The van der Waals surface area contributed by atoms with Crippen molar-refractivity contribution in [1.29, 1.82) is 5.26 Å². The van der Waals surface area contributed by atoms with Gasteiger partial charge in [-0.25, -0.2) is 0 Å². The van der Waals surface area contributed by atoms with Gasteiger partial charge in [-0.05, 0) is 29.9 Å². The van der Waals surface area contributed by atoms with Gasteiger partial charge < -0.3 is 4.74 Å². The molecule has 1 aliphatic rings. The summed E-state index contributed by atoms with van der Waals surface area (Å²) in [5.41, 5.74) is 1.03. The van der Waals surface area contributed by atoms with Gasteiger partial charge in [0.05, 0.1) is 12.5 Å². The fraction of sp³-hybridized carbons (Fsp3) is 0.417. The third-order valence-electron chi connectivity index (χ3n) is 2.37. The summed E-state index contributed by atoms with van der Waals surface area (Å²) in [4.78, 5) is 0. The van der Waals surface area contributed by atoms with Crippen molar-refractivity contribution in [3.8, 4) is 11.8 Å². The van der Waals surface area contributed by atoms with Crippen LogP contribution in [0.1, 0.15) is 12.0 Å². The molecule has 0 amide bonds. The van der Waals surface area contributed by atoms with E-state index in [0.717, 1.165) is 23.5 Å². The summed E-state index contributed by atoms with van der Waals surface area (Å²) in [7, 11) is 0. The molecule has 78 valence electrons. The van der Waals surface area contributed by atoms with Crippen LogP contribution in [0.3, 0.4) is 0 Å².